The Bertz CT molecular complexity index is 707. The molecule has 1 fully saturated rings. The highest BCUT2D eigenvalue weighted by molar-refractivity contribution is 5.65. The van der Waals surface area contributed by atoms with Gasteiger partial charge in [0, 0.05) is 5.56 Å². The van der Waals surface area contributed by atoms with Crippen molar-refractivity contribution >= 4 is 0 Å². The maximum absolute atomic E-state index is 14.5. The van der Waals surface area contributed by atoms with Crippen LogP contribution in [0.4, 0.5) is 17.6 Å². The zero-order chi connectivity index (χ0) is 17.3. The molecular formula is C20H20F4. The lowest BCUT2D eigenvalue weighted by Gasteiger charge is -2.28. The van der Waals surface area contributed by atoms with E-state index >= 15 is 0 Å². The van der Waals surface area contributed by atoms with Crippen LogP contribution in [-0.4, -0.2) is 0 Å². The van der Waals surface area contributed by atoms with Crippen molar-refractivity contribution in [3.05, 3.63) is 59.2 Å². The van der Waals surface area contributed by atoms with Gasteiger partial charge in [-0.25, -0.2) is 17.6 Å². The Morgan fingerprint density at radius 3 is 2.00 bits per heavy atom. The second kappa shape index (κ2) is 6.96. The Hall–Kier alpha value is -1.84. The van der Waals surface area contributed by atoms with Gasteiger partial charge in [0.1, 0.15) is 5.82 Å². The normalized spacial score (nSPS) is 21.0. The fraction of sp³-hybridized carbons (Fsp3) is 0.400. The first-order valence-electron chi connectivity index (χ1n) is 8.44. The van der Waals surface area contributed by atoms with Gasteiger partial charge in [0.15, 0.2) is 17.5 Å². The van der Waals surface area contributed by atoms with E-state index in [2.05, 4.69) is 6.92 Å². The minimum atomic E-state index is -1.54. The molecule has 0 saturated heterocycles. The average molecular weight is 336 g/mol. The minimum Gasteiger partial charge on any atom is -0.206 e. The molecule has 2 aromatic rings. The van der Waals surface area contributed by atoms with Crippen molar-refractivity contribution in [1.29, 1.82) is 0 Å². The molecule has 0 bridgehead atoms. The van der Waals surface area contributed by atoms with Crippen molar-refractivity contribution < 1.29 is 17.6 Å². The van der Waals surface area contributed by atoms with Gasteiger partial charge < -0.3 is 0 Å². The third-order valence-electron chi connectivity index (χ3n) is 5.18. The van der Waals surface area contributed by atoms with Gasteiger partial charge in [0.2, 0.25) is 0 Å². The van der Waals surface area contributed by atoms with E-state index in [0.29, 0.717) is 5.92 Å². The monoisotopic (exact) mass is 336 g/mol. The van der Waals surface area contributed by atoms with Gasteiger partial charge in [-0.15, -0.1) is 0 Å². The lowest BCUT2D eigenvalue weighted by molar-refractivity contribution is 0.318. The maximum atomic E-state index is 14.5. The molecule has 0 atom stereocenters. The third kappa shape index (κ3) is 3.33. The number of hydrogen-bond donors (Lipinski definition) is 0. The largest absolute Gasteiger partial charge is 0.206 e. The van der Waals surface area contributed by atoms with Crippen molar-refractivity contribution in [2.75, 3.05) is 0 Å². The highest BCUT2D eigenvalue weighted by Crippen LogP contribution is 2.38. The molecule has 0 spiro atoms. The highest BCUT2D eigenvalue weighted by Gasteiger charge is 2.22. The summed E-state index contributed by atoms with van der Waals surface area (Å²) in [5.74, 6) is -3.61. The van der Waals surface area contributed by atoms with Crippen LogP contribution in [0.15, 0.2) is 30.3 Å². The predicted octanol–water partition coefficient (Wildman–Crippen LogP) is 6.59. The molecule has 0 amide bonds. The molecule has 0 aromatic heterocycles. The molecule has 1 saturated carbocycles. The highest BCUT2D eigenvalue weighted by atomic mass is 19.2. The van der Waals surface area contributed by atoms with Crippen LogP contribution in [0.5, 0.6) is 0 Å². The molecule has 0 aliphatic heterocycles. The van der Waals surface area contributed by atoms with Crippen molar-refractivity contribution in [3.63, 3.8) is 0 Å². The van der Waals surface area contributed by atoms with Gasteiger partial charge in [-0.05, 0) is 66.8 Å². The number of halogens is 4. The summed E-state index contributed by atoms with van der Waals surface area (Å²) in [6.45, 7) is 2.19. The van der Waals surface area contributed by atoms with Crippen LogP contribution >= 0.6 is 0 Å². The summed E-state index contributed by atoms with van der Waals surface area (Å²) in [6, 6.07) is 6.44. The first-order chi connectivity index (χ1) is 11.5. The fourth-order valence-electron chi connectivity index (χ4n) is 3.63. The zero-order valence-corrected chi connectivity index (χ0v) is 13.6. The van der Waals surface area contributed by atoms with E-state index in [1.165, 1.54) is 18.6 Å². The molecule has 2 aromatic carbocycles. The Labute approximate surface area is 139 Å². The Balaban J connectivity index is 1.85. The molecule has 1 aliphatic rings. The van der Waals surface area contributed by atoms with Gasteiger partial charge in [-0.1, -0.05) is 25.5 Å². The topological polar surface area (TPSA) is 0 Å². The van der Waals surface area contributed by atoms with Crippen LogP contribution < -0.4 is 0 Å². The van der Waals surface area contributed by atoms with E-state index in [-0.39, 0.29) is 11.1 Å². The van der Waals surface area contributed by atoms with Gasteiger partial charge in [0.05, 0.1) is 0 Å². The Morgan fingerprint density at radius 1 is 0.833 bits per heavy atom. The number of rotatable bonds is 3. The van der Waals surface area contributed by atoms with Crippen LogP contribution in [0.25, 0.3) is 11.1 Å². The lowest BCUT2D eigenvalue weighted by Crippen LogP contribution is -2.12. The van der Waals surface area contributed by atoms with E-state index in [1.807, 2.05) is 6.07 Å². The van der Waals surface area contributed by atoms with E-state index < -0.39 is 23.3 Å². The fourth-order valence-corrected chi connectivity index (χ4v) is 3.63. The van der Waals surface area contributed by atoms with Crippen molar-refractivity contribution in [2.45, 2.75) is 44.9 Å². The molecule has 0 unspecified atom stereocenters. The van der Waals surface area contributed by atoms with Gasteiger partial charge in [-0.2, -0.15) is 0 Å². The molecule has 0 heterocycles. The molecule has 24 heavy (non-hydrogen) atoms. The summed E-state index contributed by atoms with van der Waals surface area (Å²) in [7, 11) is 0. The van der Waals surface area contributed by atoms with Gasteiger partial charge in [0.25, 0.3) is 0 Å². The summed E-state index contributed by atoms with van der Waals surface area (Å²) in [4.78, 5) is 0. The standard InChI is InChI=1S/C20H20F4/c1-2-12-3-5-13(6-4-12)14-7-8-16(17(21)9-14)15-10-18(22)20(24)19(23)11-15/h7-13H,2-6H2,1H3/t12-,13-. The van der Waals surface area contributed by atoms with Crippen LogP contribution in [0, 0.1) is 29.2 Å². The SMILES string of the molecule is CC[C@H]1CC[C@H](c2ccc(-c3cc(F)c(F)c(F)c3)c(F)c2)CC1. The van der Waals surface area contributed by atoms with E-state index in [1.54, 1.807) is 0 Å². The summed E-state index contributed by atoms with van der Waals surface area (Å²) in [6.07, 6.45) is 5.56. The Kier molecular flexibility index (Phi) is 4.93. The number of hydrogen-bond acceptors (Lipinski definition) is 0. The summed E-state index contributed by atoms with van der Waals surface area (Å²) in [5, 5.41) is 0. The first kappa shape index (κ1) is 17.0. The second-order valence-electron chi connectivity index (χ2n) is 6.62. The summed E-state index contributed by atoms with van der Waals surface area (Å²) < 4.78 is 54.2. The molecule has 0 nitrogen and oxygen atoms in total. The minimum absolute atomic E-state index is 0.00476. The average Bonchev–Trinajstić information content (AvgIpc) is 2.59. The van der Waals surface area contributed by atoms with E-state index in [4.69, 9.17) is 0 Å². The zero-order valence-electron chi connectivity index (χ0n) is 13.6. The molecule has 0 N–H and O–H groups in total. The quantitative estimate of drug-likeness (QED) is 0.438. The molecule has 4 heteroatoms. The van der Waals surface area contributed by atoms with E-state index in [9.17, 15) is 17.6 Å². The Morgan fingerprint density at radius 2 is 1.46 bits per heavy atom. The van der Waals surface area contributed by atoms with Crippen LogP contribution in [-0.2, 0) is 0 Å². The maximum Gasteiger partial charge on any atom is 0.194 e. The summed E-state index contributed by atoms with van der Waals surface area (Å²) >= 11 is 0. The van der Waals surface area contributed by atoms with E-state index in [0.717, 1.165) is 49.3 Å². The van der Waals surface area contributed by atoms with Crippen LogP contribution in [0.1, 0.15) is 50.5 Å². The van der Waals surface area contributed by atoms with Crippen molar-refractivity contribution in [3.8, 4) is 11.1 Å². The molecular weight excluding hydrogens is 316 g/mol. The van der Waals surface area contributed by atoms with Crippen LogP contribution in [0.2, 0.25) is 0 Å². The number of benzene rings is 2. The van der Waals surface area contributed by atoms with Crippen LogP contribution in [0.3, 0.4) is 0 Å². The molecule has 0 radical (unpaired) electrons. The van der Waals surface area contributed by atoms with Crippen molar-refractivity contribution in [1.82, 2.24) is 0 Å². The lowest BCUT2D eigenvalue weighted by atomic mass is 9.77. The first-order valence-corrected chi connectivity index (χ1v) is 8.44. The summed E-state index contributed by atoms with van der Waals surface area (Å²) in [5.41, 5.74) is 1.01. The third-order valence-corrected chi connectivity index (χ3v) is 5.18. The van der Waals surface area contributed by atoms with Crippen molar-refractivity contribution in [2.24, 2.45) is 5.92 Å². The van der Waals surface area contributed by atoms with Gasteiger partial charge in [-0.3, -0.25) is 0 Å². The molecule has 3 rings (SSSR count). The molecule has 1 aliphatic carbocycles. The molecule has 128 valence electrons. The van der Waals surface area contributed by atoms with Gasteiger partial charge >= 0.3 is 0 Å². The second-order valence-corrected chi connectivity index (χ2v) is 6.62. The smallest absolute Gasteiger partial charge is 0.194 e. The predicted molar refractivity (Wildman–Crippen MR) is 86.7 cm³/mol.